The van der Waals surface area contributed by atoms with Crippen LogP contribution >= 0.6 is 0 Å². The Morgan fingerprint density at radius 2 is 1.95 bits per heavy atom. The Balaban J connectivity index is 2.06. The van der Waals surface area contributed by atoms with Crippen LogP contribution in [0.15, 0.2) is 6.33 Å². The molecule has 0 aromatic carbocycles. The van der Waals surface area contributed by atoms with Crippen LogP contribution in [0.4, 0.5) is 11.5 Å². The summed E-state index contributed by atoms with van der Waals surface area (Å²) in [5.41, 5.74) is 7.13. The van der Waals surface area contributed by atoms with E-state index in [1.54, 1.807) is 6.33 Å². The third kappa shape index (κ3) is 3.77. The summed E-state index contributed by atoms with van der Waals surface area (Å²) in [4.78, 5) is 10.8. The highest BCUT2D eigenvalue weighted by molar-refractivity contribution is 5.67. The molecule has 0 atom stereocenters. The monoisotopic (exact) mass is 292 g/mol. The molecule has 2 rings (SSSR count). The second-order valence-corrected chi connectivity index (χ2v) is 6.89. The van der Waals surface area contributed by atoms with Gasteiger partial charge in [-0.1, -0.05) is 27.7 Å². The molecule has 1 aliphatic heterocycles. The Morgan fingerprint density at radius 1 is 1.29 bits per heavy atom. The second-order valence-electron chi connectivity index (χ2n) is 6.89. The predicted octanol–water partition coefficient (Wildman–Crippen LogP) is 3.11. The van der Waals surface area contributed by atoms with Crippen LogP contribution in [-0.2, 0) is 0 Å². The molecule has 118 valence electrons. The maximum Gasteiger partial charge on any atom is 0.242 e. The average Bonchev–Trinajstić information content (AvgIpc) is 2.45. The number of hydrogen-bond donors (Lipinski definition) is 1. The van der Waals surface area contributed by atoms with Gasteiger partial charge in [-0.25, -0.2) is 4.98 Å². The first-order valence-electron chi connectivity index (χ1n) is 7.91. The van der Waals surface area contributed by atoms with Crippen LogP contribution < -0.4 is 15.4 Å². The van der Waals surface area contributed by atoms with E-state index in [-0.39, 0.29) is 0 Å². The molecule has 5 nitrogen and oxygen atoms in total. The number of nitrogens with two attached hydrogens (primary N) is 1. The second kappa shape index (κ2) is 6.50. The number of aromatic nitrogens is 2. The van der Waals surface area contributed by atoms with Crippen molar-refractivity contribution < 1.29 is 4.74 Å². The van der Waals surface area contributed by atoms with Gasteiger partial charge in [0.2, 0.25) is 5.88 Å². The van der Waals surface area contributed by atoms with Crippen LogP contribution in [0, 0.1) is 11.3 Å². The van der Waals surface area contributed by atoms with Gasteiger partial charge in [0.05, 0.1) is 6.61 Å². The molecule has 5 heteroatoms. The highest BCUT2D eigenvalue weighted by atomic mass is 16.5. The molecule has 0 saturated carbocycles. The number of nitrogens with zero attached hydrogens (tertiary/aromatic N) is 3. The fourth-order valence-corrected chi connectivity index (χ4v) is 2.89. The normalized spacial score (nSPS) is 17.0. The van der Waals surface area contributed by atoms with Gasteiger partial charge in [-0.3, -0.25) is 0 Å². The Bertz CT molecular complexity index is 462. The van der Waals surface area contributed by atoms with Crippen LogP contribution in [0.3, 0.4) is 0 Å². The number of rotatable bonds is 4. The van der Waals surface area contributed by atoms with Crippen molar-refractivity contribution in [3.8, 4) is 5.88 Å². The summed E-state index contributed by atoms with van der Waals surface area (Å²) in [6.07, 6.45) is 4.85. The molecular weight excluding hydrogens is 264 g/mol. The van der Waals surface area contributed by atoms with Crippen LogP contribution in [0.25, 0.3) is 0 Å². The first-order valence-corrected chi connectivity index (χ1v) is 7.91. The van der Waals surface area contributed by atoms with Gasteiger partial charge in [0, 0.05) is 13.1 Å². The molecule has 0 spiro atoms. The lowest BCUT2D eigenvalue weighted by Gasteiger charge is -2.39. The van der Waals surface area contributed by atoms with Gasteiger partial charge in [0.25, 0.3) is 0 Å². The summed E-state index contributed by atoms with van der Waals surface area (Å²) in [5.74, 6) is 2.09. The van der Waals surface area contributed by atoms with Crippen molar-refractivity contribution in [1.82, 2.24) is 9.97 Å². The van der Waals surface area contributed by atoms with Crippen LogP contribution in [0.1, 0.15) is 47.0 Å². The molecule has 1 aromatic heterocycles. The van der Waals surface area contributed by atoms with E-state index in [0.29, 0.717) is 23.6 Å². The van der Waals surface area contributed by atoms with E-state index in [0.717, 1.165) is 31.2 Å². The maximum atomic E-state index is 6.18. The molecule has 1 aromatic rings. The highest BCUT2D eigenvalue weighted by Crippen LogP contribution is 2.37. The smallest absolute Gasteiger partial charge is 0.242 e. The molecule has 2 heterocycles. The molecule has 21 heavy (non-hydrogen) atoms. The number of piperidine rings is 1. The van der Waals surface area contributed by atoms with Gasteiger partial charge < -0.3 is 15.4 Å². The van der Waals surface area contributed by atoms with E-state index in [2.05, 4.69) is 42.6 Å². The molecule has 0 aliphatic carbocycles. The van der Waals surface area contributed by atoms with Gasteiger partial charge in [-0.05, 0) is 30.6 Å². The SMILES string of the molecule is CCCOc1ncnc(N2CCC(C(C)(C)C)CC2)c1N. The Labute approximate surface area is 127 Å². The summed E-state index contributed by atoms with van der Waals surface area (Å²) in [6.45, 7) is 11.7. The fraction of sp³-hybridized carbons (Fsp3) is 0.750. The van der Waals surface area contributed by atoms with E-state index in [1.807, 2.05) is 0 Å². The van der Waals surface area contributed by atoms with Gasteiger partial charge in [0.1, 0.15) is 12.0 Å². The van der Waals surface area contributed by atoms with Crippen LogP contribution in [0.2, 0.25) is 0 Å². The average molecular weight is 292 g/mol. The number of nitrogen functional groups attached to an aromatic ring is 1. The molecule has 0 unspecified atom stereocenters. The van der Waals surface area contributed by atoms with Crippen molar-refractivity contribution in [3.05, 3.63) is 6.33 Å². The summed E-state index contributed by atoms with van der Waals surface area (Å²) < 4.78 is 5.59. The van der Waals surface area contributed by atoms with Crippen molar-refractivity contribution in [3.63, 3.8) is 0 Å². The first-order chi connectivity index (χ1) is 9.93. The zero-order valence-electron chi connectivity index (χ0n) is 13.7. The molecule has 1 saturated heterocycles. The third-order valence-corrected chi connectivity index (χ3v) is 4.29. The molecular formula is C16H28N4O. The topological polar surface area (TPSA) is 64.3 Å². The summed E-state index contributed by atoms with van der Waals surface area (Å²) in [6, 6.07) is 0. The van der Waals surface area contributed by atoms with Crippen molar-refractivity contribution in [1.29, 1.82) is 0 Å². The first kappa shape index (κ1) is 15.9. The van der Waals surface area contributed by atoms with Gasteiger partial charge in [-0.2, -0.15) is 4.98 Å². The van der Waals surface area contributed by atoms with E-state index in [4.69, 9.17) is 10.5 Å². The third-order valence-electron chi connectivity index (χ3n) is 4.29. The molecule has 0 radical (unpaired) electrons. The molecule has 2 N–H and O–H groups in total. The van der Waals surface area contributed by atoms with E-state index in [1.165, 1.54) is 12.8 Å². The molecule has 1 fully saturated rings. The fourth-order valence-electron chi connectivity index (χ4n) is 2.89. The Morgan fingerprint density at radius 3 is 2.52 bits per heavy atom. The molecule has 1 aliphatic rings. The number of ether oxygens (including phenoxy) is 1. The minimum Gasteiger partial charge on any atom is -0.476 e. The molecule has 0 amide bonds. The summed E-state index contributed by atoms with van der Waals surface area (Å²) in [5, 5.41) is 0. The van der Waals surface area contributed by atoms with Crippen molar-refractivity contribution in [2.24, 2.45) is 11.3 Å². The number of anilines is 2. The van der Waals surface area contributed by atoms with E-state index in [9.17, 15) is 0 Å². The Kier molecular flexibility index (Phi) is 4.91. The van der Waals surface area contributed by atoms with Gasteiger partial charge >= 0.3 is 0 Å². The zero-order valence-corrected chi connectivity index (χ0v) is 13.7. The quantitative estimate of drug-likeness (QED) is 0.923. The van der Waals surface area contributed by atoms with Gasteiger partial charge in [0.15, 0.2) is 5.82 Å². The number of hydrogen-bond acceptors (Lipinski definition) is 5. The standard InChI is InChI=1S/C16H28N4O/c1-5-10-21-15-13(17)14(18-11-19-15)20-8-6-12(7-9-20)16(2,3)4/h11-12H,5-10,17H2,1-4H3. The maximum absolute atomic E-state index is 6.18. The van der Waals surface area contributed by atoms with E-state index < -0.39 is 0 Å². The summed E-state index contributed by atoms with van der Waals surface area (Å²) in [7, 11) is 0. The van der Waals surface area contributed by atoms with Crippen LogP contribution in [0.5, 0.6) is 5.88 Å². The Hall–Kier alpha value is -1.52. The lowest BCUT2D eigenvalue weighted by atomic mass is 9.75. The largest absolute Gasteiger partial charge is 0.476 e. The van der Waals surface area contributed by atoms with Crippen molar-refractivity contribution in [2.75, 3.05) is 30.3 Å². The van der Waals surface area contributed by atoms with Crippen LogP contribution in [-0.4, -0.2) is 29.7 Å². The minimum atomic E-state index is 0.374. The highest BCUT2D eigenvalue weighted by Gasteiger charge is 2.30. The van der Waals surface area contributed by atoms with Gasteiger partial charge in [-0.15, -0.1) is 0 Å². The predicted molar refractivity (Wildman–Crippen MR) is 86.6 cm³/mol. The summed E-state index contributed by atoms with van der Waals surface area (Å²) >= 11 is 0. The van der Waals surface area contributed by atoms with Crippen molar-refractivity contribution >= 4 is 11.5 Å². The lowest BCUT2D eigenvalue weighted by molar-refractivity contribution is 0.198. The zero-order chi connectivity index (χ0) is 15.5. The lowest BCUT2D eigenvalue weighted by Crippen LogP contribution is -2.38. The molecule has 0 bridgehead atoms. The van der Waals surface area contributed by atoms with Crippen molar-refractivity contribution in [2.45, 2.75) is 47.0 Å². The minimum absolute atomic E-state index is 0.374. The van der Waals surface area contributed by atoms with E-state index >= 15 is 0 Å².